The van der Waals surface area contributed by atoms with Crippen LogP contribution in [-0.2, 0) is 15.8 Å². The van der Waals surface area contributed by atoms with Crippen molar-refractivity contribution in [1.82, 2.24) is 0 Å². The summed E-state index contributed by atoms with van der Waals surface area (Å²) in [5.74, 6) is -1.71. The molecule has 3 aromatic rings. The molecule has 2 aliphatic rings. The van der Waals surface area contributed by atoms with E-state index in [2.05, 4.69) is 0 Å². The van der Waals surface area contributed by atoms with Crippen molar-refractivity contribution in [3.05, 3.63) is 94.6 Å². The molecular formula is C26H18F3NO5. The molecule has 2 aliphatic heterocycles. The lowest BCUT2D eigenvalue weighted by Gasteiger charge is -2.26. The number of hydrogen-bond donors (Lipinski definition) is 1. The number of nitrogens with zero attached hydrogens (tertiary/aromatic N) is 1. The zero-order valence-corrected chi connectivity index (χ0v) is 18.3. The van der Waals surface area contributed by atoms with Gasteiger partial charge in [0.25, 0.3) is 11.7 Å². The lowest BCUT2D eigenvalue weighted by atomic mass is 9.94. The third-order valence-electron chi connectivity index (χ3n) is 5.90. The molecule has 0 aromatic heterocycles. The minimum Gasteiger partial charge on any atom is -0.507 e. The summed E-state index contributed by atoms with van der Waals surface area (Å²) in [5, 5.41) is 11.2. The van der Waals surface area contributed by atoms with Gasteiger partial charge in [-0.05, 0) is 48.9 Å². The van der Waals surface area contributed by atoms with Crippen molar-refractivity contribution in [1.29, 1.82) is 0 Å². The van der Waals surface area contributed by atoms with Crippen LogP contribution in [0.15, 0.2) is 72.3 Å². The van der Waals surface area contributed by atoms with Gasteiger partial charge in [0.2, 0.25) is 6.79 Å². The smallest absolute Gasteiger partial charge is 0.416 e. The van der Waals surface area contributed by atoms with Crippen molar-refractivity contribution >= 4 is 23.1 Å². The highest BCUT2D eigenvalue weighted by Crippen LogP contribution is 2.44. The number of halogens is 3. The van der Waals surface area contributed by atoms with Gasteiger partial charge in [-0.3, -0.25) is 14.5 Å². The average molecular weight is 481 g/mol. The van der Waals surface area contributed by atoms with Crippen LogP contribution >= 0.6 is 0 Å². The molecule has 178 valence electrons. The first-order valence-electron chi connectivity index (χ1n) is 10.6. The van der Waals surface area contributed by atoms with Crippen LogP contribution in [0.4, 0.5) is 18.9 Å². The molecule has 0 aliphatic carbocycles. The van der Waals surface area contributed by atoms with E-state index in [0.29, 0.717) is 17.1 Å². The molecule has 0 saturated carbocycles. The number of anilines is 1. The van der Waals surface area contributed by atoms with E-state index in [0.717, 1.165) is 22.6 Å². The van der Waals surface area contributed by atoms with Crippen molar-refractivity contribution in [2.45, 2.75) is 19.1 Å². The van der Waals surface area contributed by atoms with E-state index in [9.17, 15) is 27.9 Å². The quantitative estimate of drug-likeness (QED) is 0.309. The van der Waals surface area contributed by atoms with Crippen LogP contribution in [0.5, 0.6) is 11.5 Å². The van der Waals surface area contributed by atoms with E-state index in [-0.39, 0.29) is 23.6 Å². The molecule has 1 N–H and O–H groups in total. The molecule has 0 spiro atoms. The van der Waals surface area contributed by atoms with Crippen LogP contribution in [0, 0.1) is 6.92 Å². The molecule has 5 rings (SSSR count). The highest BCUT2D eigenvalue weighted by molar-refractivity contribution is 6.51. The van der Waals surface area contributed by atoms with Gasteiger partial charge < -0.3 is 14.6 Å². The third kappa shape index (κ3) is 3.88. The lowest BCUT2D eigenvalue weighted by molar-refractivity contribution is -0.137. The van der Waals surface area contributed by atoms with E-state index in [1.165, 1.54) is 24.3 Å². The second kappa shape index (κ2) is 8.19. The summed E-state index contributed by atoms with van der Waals surface area (Å²) < 4.78 is 50.8. The summed E-state index contributed by atoms with van der Waals surface area (Å²) in [5.41, 5.74) is 0.156. The van der Waals surface area contributed by atoms with Crippen molar-refractivity contribution in [2.75, 3.05) is 11.7 Å². The maximum Gasteiger partial charge on any atom is 0.416 e. The number of ketones is 1. The van der Waals surface area contributed by atoms with Gasteiger partial charge in [0.15, 0.2) is 11.5 Å². The molecule has 0 bridgehead atoms. The van der Waals surface area contributed by atoms with Gasteiger partial charge in [0.05, 0.1) is 17.2 Å². The normalized spacial score (nSPS) is 18.9. The van der Waals surface area contributed by atoms with Crippen LogP contribution in [0.2, 0.25) is 0 Å². The second-order valence-corrected chi connectivity index (χ2v) is 8.20. The Balaban J connectivity index is 1.71. The number of carbonyl (C=O) groups excluding carboxylic acids is 2. The number of carbonyl (C=O) groups is 2. The Morgan fingerprint density at radius 2 is 1.71 bits per heavy atom. The SMILES string of the molecule is Cc1cccc(C2/C(=C(/O)c3ccc4c(c3)OCO4)C(=O)C(=O)N2c2cccc(C(F)(F)F)c2)c1. The number of ether oxygens (including phenoxy) is 2. The summed E-state index contributed by atoms with van der Waals surface area (Å²) in [4.78, 5) is 27.4. The number of alkyl halides is 3. The van der Waals surface area contributed by atoms with E-state index in [1.54, 1.807) is 37.3 Å². The number of hydrogen-bond acceptors (Lipinski definition) is 5. The number of Topliss-reactive ketones (excluding diaryl/α,β-unsaturated/α-hetero) is 1. The molecule has 1 saturated heterocycles. The highest BCUT2D eigenvalue weighted by atomic mass is 19.4. The first-order valence-corrected chi connectivity index (χ1v) is 10.6. The number of rotatable bonds is 3. The Labute approximate surface area is 197 Å². The first-order chi connectivity index (χ1) is 16.6. The number of aliphatic hydroxyl groups excluding tert-OH is 1. The fraction of sp³-hybridized carbons (Fsp3) is 0.154. The Bertz CT molecular complexity index is 1400. The largest absolute Gasteiger partial charge is 0.507 e. The number of amides is 1. The lowest BCUT2D eigenvalue weighted by Crippen LogP contribution is -2.29. The van der Waals surface area contributed by atoms with Gasteiger partial charge in [-0.15, -0.1) is 0 Å². The molecule has 0 radical (unpaired) electrons. The number of fused-ring (bicyclic) bond motifs is 1. The minimum atomic E-state index is -4.64. The summed E-state index contributed by atoms with van der Waals surface area (Å²) in [7, 11) is 0. The van der Waals surface area contributed by atoms with Crippen LogP contribution in [-0.4, -0.2) is 23.6 Å². The molecule has 2 heterocycles. The Hall–Kier alpha value is -4.27. The van der Waals surface area contributed by atoms with Crippen LogP contribution in [0.25, 0.3) is 5.76 Å². The van der Waals surface area contributed by atoms with Crippen molar-refractivity contribution in [3.63, 3.8) is 0 Å². The minimum absolute atomic E-state index is 0.00276. The molecule has 1 fully saturated rings. The Kier molecular flexibility index (Phi) is 5.27. The second-order valence-electron chi connectivity index (χ2n) is 8.20. The van der Waals surface area contributed by atoms with E-state index >= 15 is 0 Å². The summed E-state index contributed by atoms with van der Waals surface area (Å²) >= 11 is 0. The highest BCUT2D eigenvalue weighted by Gasteiger charge is 2.47. The van der Waals surface area contributed by atoms with Gasteiger partial charge in [-0.2, -0.15) is 13.2 Å². The maximum absolute atomic E-state index is 13.4. The molecular weight excluding hydrogens is 463 g/mol. The van der Waals surface area contributed by atoms with Crippen molar-refractivity contribution in [3.8, 4) is 11.5 Å². The predicted octanol–water partition coefficient (Wildman–Crippen LogP) is 5.37. The van der Waals surface area contributed by atoms with Gasteiger partial charge >= 0.3 is 6.18 Å². The fourth-order valence-corrected chi connectivity index (χ4v) is 4.29. The molecule has 1 amide bonds. The van der Waals surface area contributed by atoms with Crippen LogP contribution in [0.1, 0.15) is 28.3 Å². The van der Waals surface area contributed by atoms with Crippen LogP contribution in [0.3, 0.4) is 0 Å². The monoisotopic (exact) mass is 481 g/mol. The van der Waals surface area contributed by atoms with Gasteiger partial charge in [-0.1, -0.05) is 35.9 Å². The predicted molar refractivity (Wildman–Crippen MR) is 120 cm³/mol. The summed E-state index contributed by atoms with van der Waals surface area (Å²) in [6.45, 7) is 1.81. The van der Waals surface area contributed by atoms with E-state index in [1.807, 2.05) is 0 Å². The number of benzene rings is 3. The molecule has 3 aromatic carbocycles. The van der Waals surface area contributed by atoms with Gasteiger partial charge in [0.1, 0.15) is 5.76 Å². The first kappa shape index (κ1) is 22.5. The fourth-order valence-electron chi connectivity index (χ4n) is 4.29. The van der Waals surface area contributed by atoms with Crippen molar-refractivity contribution in [2.24, 2.45) is 0 Å². The zero-order chi connectivity index (χ0) is 24.9. The standard InChI is InChI=1S/C26H18F3NO5/c1-14-4-2-5-15(10-14)22-21(23(31)16-8-9-19-20(11-16)35-13-34-19)24(32)25(33)30(22)18-7-3-6-17(12-18)26(27,28)29/h2-12,22,31H,13H2,1H3/b23-21-. The number of aryl methyl sites for hydroxylation is 1. The Morgan fingerprint density at radius 3 is 2.46 bits per heavy atom. The van der Waals surface area contributed by atoms with Gasteiger partial charge in [-0.25, -0.2) is 0 Å². The van der Waals surface area contributed by atoms with Crippen LogP contribution < -0.4 is 14.4 Å². The van der Waals surface area contributed by atoms with Gasteiger partial charge in [0, 0.05) is 11.3 Å². The summed E-state index contributed by atoms with van der Waals surface area (Å²) in [6, 6.07) is 14.5. The maximum atomic E-state index is 13.4. The zero-order valence-electron chi connectivity index (χ0n) is 18.3. The molecule has 9 heteroatoms. The molecule has 6 nitrogen and oxygen atoms in total. The number of aliphatic hydroxyl groups is 1. The Morgan fingerprint density at radius 1 is 0.971 bits per heavy atom. The summed E-state index contributed by atoms with van der Waals surface area (Å²) in [6.07, 6.45) is -4.64. The molecule has 1 unspecified atom stereocenters. The van der Waals surface area contributed by atoms with E-state index in [4.69, 9.17) is 9.47 Å². The molecule has 1 atom stereocenters. The van der Waals surface area contributed by atoms with E-state index < -0.39 is 35.2 Å². The third-order valence-corrected chi connectivity index (χ3v) is 5.90. The average Bonchev–Trinajstić information content (AvgIpc) is 3.40. The van der Waals surface area contributed by atoms with Crippen molar-refractivity contribution < 1.29 is 37.3 Å². The topological polar surface area (TPSA) is 76.1 Å². The molecule has 35 heavy (non-hydrogen) atoms.